The van der Waals surface area contributed by atoms with Gasteiger partial charge in [0.15, 0.2) is 0 Å². The van der Waals surface area contributed by atoms with Crippen LogP contribution in [0.4, 0.5) is 0 Å². The highest BCUT2D eigenvalue weighted by atomic mass is 16.3. The Hall–Kier alpha value is -0.900. The Morgan fingerprint density at radius 3 is 2.70 bits per heavy atom. The van der Waals surface area contributed by atoms with Crippen molar-refractivity contribution in [3.63, 3.8) is 0 Å². The molecular weight excluding hydrogens is 248 g/mol. The van der Waals surface area contributed by atoms with E-state index in [1.54, 1.807) is 0 Å². The van der Waals surface area contributed by atoms with Gasteiger partial charge < -0.3 is 16.2 Å². The fraction of sp³-hybridized carbons (Fsp3) is 0.647. The van der Waals surface area contributed by atoms with E-state index in [-0.39, 0.29) is 12.1 Å². The number of benzene rings is 1. The smallest absolute Gasteiger partial charge is 0.0474 e. The molecule has 0 aliphatic heterocycles. The molecule has 3 nitrogen and oxygen atoms in total. The van der Waals surface area contributed by atoms with E-state index in [9.17, 15) is 5.11 Å². The summed E-state index contributed by atoms with van der Waals surface area (Å²) in [4.78, 5) is 0. The molecule has 0 radical (unpaired) electrons. The van der Waals surface area contributed by atoms with Crippen molar-refractivity contribution in [1.82, 2.24) is 5.32 Å². The monoisotopic (exact) mass is 276 g/mol. The average Bonchev–Trinajstić information content (AvgIpc) is 2.93. The van der Waals surface area contributed by atoms with Crippen LogP contribution in [0.1, 0.15) is 38.2 Å². The number of nitrogens with one attached hydrogen (secondary N) is 1. The third-order valence-corrected chi connectivity index (χ3v) is 4.69. The number of aliphatic hydroxyl groups excluding tert-OH is 1. The molecule has 20 heavy (non-hydrogen) atoms. The van der Waals surface area contributed by atoms with Gasteiger partial charge in [-0.25, -0.2) is 0 Å². The molecule has 0 saturated heterocycles. The summed E-state index contributed by atoms with van der Waals surface area (Å²) < 4.78 is 0. The molecule has 0 bridgehead atoms. The zero-order chi connectivity index (χ0) is 14.4. The van der Waals surface area contributed by atoms with Crippen molar-refractivity contribution in [2.24, 2.45) is 11.7 Å². The molecule has 0 aromatic heterocycles. The summed E-state index contributed by atoms with van der Waals surface area (Å²) in [5.41, 5.74) is 7.33. The van der Waals surface area contributed by atoms with Gasteiger partial charge in [0, 0.05) is 24.7 Å². The van der Waals surface area contributed by atoms with Gasteiger partial charge in [-0.15, -0.1) is 0 Å². The molecule has 0 amide bonds. The minimum absolute atomic E-state index is 0.0434. The molecule has 3 heteroatoms. The molecule has 1 aromatic carbocycles. The quantitative estimate of drug-likeness (QED) is 0.715. The second kappa shape index (κ2) is 7.21. The van der Waals surface area contributed by atoms with Crippen LogP contribution in [0.5, 0.6) is 0 Å². The summed E-state index contributed by atoms with van der Waals surface area (Å²) in [5.74, 6) is 0.401. The minimum atomic E-state index is -0.0434. The first-order valence-electron chi connectivity index (χ1n) is 7.79. The lowest BCUT2D eigenvalue weighted by Crippen LogP contribution is -2.54. The maximum absolute atomic E-state index is 9.44. The van der Waals surface area contributed by atoms with Crippen LogP contribution < -0.4 is 11.1 Å². The van der Waals surface area contributed by atoms with Crippen molar-refractivity contribution >= 4 is 0 Å². The minimum Gasteiger partial charge on any atom is -0.396 e. The first kappa shape index (κ1) is 15.5. The normalized spacial score (nSPS) is 25.6. The van der Waals surface area contributed by atoms with Gasteiger partial charge in [-0.3, -0.25) is 0 Å². The van der Waals surface area contributed by atoms with Crippen molar-refractivity contribution in [3.8, 4) is 0 Å². The molecule has 112 valence electrons. The third-order valence-electron chi connectivity index (χ3n) is 4.69. The molecule has 1 saturated carbocycles. The molecule has 2 rings (SSSR count). The van der Waals surface area contributed by atoms with Crippen LogP contribution in [0.3, 0.4) is 0 Å². The van der Waals surface area contributed by atoms with Crippen LogP contribution in [-0.4, -0.2) is 29.8 Å². The number of aliphatic hydroxyl groups is 1. The van der Waals surface area contributed by atoms with E-state index in [2.05, 4.69) is 36.5 Å². The van der Waals surface area contributed by atoms with Crippen LogP contribution in [0.2, 0.25) is 0 Å². The fourth-order valence-corrected chi connectivity index (χ4v) is 3.19. The highest BCUT2D eigenvalue weighted by Gasteiger charge is 2.32. The topological polar surface area (TPSA) is 58.3 Å². The molecule has 3 atom stereocenters. The lowest BCUT2D eigenvalue weighted by Gasteiger charge is -2.35. The third kappa shape index (κ3) is 4.05. The highest BCUT2D eigenvalue weighted by Crippen LogP contribution is 2.27. The summed E-state index contributed by atoms with van der Waals surface area (Å²) >= 11 is 0. The second-order valence-corrected chi connectivity index (χ2v) is 6.37. The lowest BCUT2D eigenvalue weighted by molar-refractivity contribution is 0.181. The zero-order valence-electron chi connectivity index (χ0n) is 12.5. The Morgan fingerprint density at radius 2 is 2.05 bits per heavy atom. The number of rotatable bonds is 7. The first-order valence-corrected chi connectivity index (χ1v) is 7.79. The summed E-state index contributed by atoms with van der Waals surface area (Å²) in [6.07, 6.45) is 5.57. The van der Waals surface area contributed by atoms with Gasteiger partial charge in [0.2, 0.25) is 0 Å². The molecule has 4 N–H and O–H groups in total. The molecule has 1 fully saturated rings. The van der Waals surface area contributed by atoms with Gasteiger partial charge in [0.25, 0.3) is 0 Å². The van der Waals surface area contributed by atoms with Crippen LogP contribution in [0, 0.1) is 5.92 Å². The van der Waals surface area contributed by atoms with Crippen LogP contribution in [0.25, 0.3) is 0 Å². The van der Waals surface area contributed by atoms with Gasteiger partial charge in [0.05, 0.1) is 0 Å². The summed E-state index contributed by atoms with van der Waals surface area (Å²) in [7, 11) is 0. The van der Waals surface area contributed by atoms with E-state index < -0.39 is 0 Å². The van der Waals surface area contributed by atoms with Gasteiger partial charge in [-0.2, -0.15) is 0 Å². The van der Waals surface area contributed by atoms with Gasteiger partial charge in [0.1, 0.15) is 0 Å². The summed E-state index contributed by atoms with van der Waals surface area (Å²) in [5, 5.41) is 13.2. The molecule has 1 aliphatic carbocycles. The number of hydrogen-bond donors (Lipinski definition) is 3. The molecule has 3 unspecified atom stereocenters. The van der Waals surface area contributed by atoms with E-state index in [1.165, 1.54) is 12.0 Å². The van der Waals surface area contributed by atoms with E-state index in [1.807, 2.05) is 6.07 Å². The van der Waals surface area contributed by atoms with E-state index in [0.717, 1.165) is 25.7 Å². The van der Waals surface area contributed by atoms with Gasteiger partial charge in [-0.05, 0) is 44.1 Å². The SMILES string of the molecule is CC(CN)(CCc1ccccc1)NC1CCCC1CO. The average molecular weight is 276 g/mol. The van der Waals surface area contributed by atoms with E-state index in [0.29, 0.717) is 18.5 Å². The van der Waals surface area contributed by atoms with Gasteiger partial charge >= 0.3 is 0 Å². The van der Waals surface area contributed by atoms with Crippen LogP contribution >= 0.6 is 0 Å². The zero-order valence-corrected chi connectivity index (χ0v) is 12.5. The Bertz CT molecular complexity index is 395. The molecule has 1 aromatic rings. The number of hydrogen-bond acceptors (Lipinski definition) is 3. The highest BCUT2D eigenvalue weighted by molar-refractivity contribution is 5.15. The molecule has 0 heterocycles. The van der Waals surface area contributed by atoms with Crippen molar-refractivity contribution in [2.75, 3.05) is 13.2 Å². The molecular formula is C17H28N2O. The summed E-state index contributed by atoms with van der Waals surface area (Å²) in [6.45, 7) is 3.13. The predicted molar refractivity (Wildman–Crippen MR) is 83.6 cm³/mol. The predicted octanol–water partition coefficient (Wildman–Crippen LogP) is 2.09. The largest absolute Gasteiger partial charge is 0.396 e. The standard InChI is InChI=1S/C17H28N2O/c1-17(13-18,11-10-14-6-3-2-4-7-14)19-16-9-5-8-15(16)12-20/h2-4,6-7,15-16,19-20H,5,8-13,18H2,1H3. The Labute approximate surface area is 122 Å². The van der Waals surface area contributed by atoms with Crippen molar-refractivity contribution in [3.05, 3.63) is 35.9 Å². The van der Waals surface area contributed by atoms with Crippen LogP contribution in [0.15, 0.2) is 30.3 Å². The van der Waals surface area contributed by atoms with Gasteiger partial charge in [-0.1, -0.05) is 36.8 Å². The van der Waals surface area contributed by atoms with E-state index >= 15 is 0 Å². The van der Waals surface area contributed by atoms with Crippen molar-refractivity contribution < 1.29 is 5.11 Å². The lowest BCUT2D eigenvalue weighted by atomic mass is 9.90. The Kier molecular flexibility index (Phi) is 5.58. The number of aryl methyl sites for hydroxylation is 1. The molecule has 0 spiro atoms. The maximum atomic E-state index is 9.44. The molecule has 1 aliphatic rings. The fourth-order valence-electron chi connectivity index (χ4n) is 3.19. The van der Waals surface area contributed by atoms with Crippen molar-refractivity contribution in [1.29, 1.82) is 0 Å². The number of nitrogens with two attached hydrogens (primary N) is 1. The van der Waals surface area contributed by atoms with Crippen LogP contribution in [-0.2, 0) is 6.42 Å². The Balaban J connectivity index is 1.91. The summed E-state index contributed by atoms with van der Waals surface area (Å²) in [6, 6.07) is 11.0. The van der Waals surface area contributed by atoms with E-state index in [4.69, 9.17) is 5.73 Å². The maximum Gasteiger partial charge on any atom is 0.0474 e. The second-order valence-electron chi connectivity index (χ2n) is 6.37. The first-order chi connectivity index (χ1) is 9.67. The Morgan fingerprint density at radius 1 is 1.30 bits per heavy atom. The van der Waals surface area contributed by atoms with Crippen molar-refractivity contribution in [2.45, 2.75) is 50.6 Å².